The van der Waals surface area contributed by atoms with Crippen LogP contribution >= 0.6 is 0 Å². The van der Waals surface area contributed by atoms with Crippen LogP contribution in [0.15, 0.2) is 36.4 Å². The van der Waals surface area contributed by atoms with Crippen LogP contribution in [0.4, 0.5) is 11.4 Å². The first-order chi connectivity index (χ1) is 15.5. The first-order valence-corrected chi connectivity index (χ1v) is 11.2. The van der Waals surface area contributed by atoms with Crippen molar-refractivity contribution in [3.8, 4) is 0 Å². The van der Waals surface area contributed by atoms with Crippen molar-refractivity contribution in [1.29, 1.82) is 0 Å². The van der Waals surface area contributed by atoms with E-state index in [0.29, 0.717) is 49.8 Å². The largest absolute Gasteiger partial charge is 0.379 e. The number of hydrogen-bond acceptors (Lipinski definition) is 6. The molecule has 0 unspecified atom stereocenters. The lowest BCUT2D eigenvalue weighted by Crippen LogP contribution is -2.41. The number of carbonyl (C=O) groups excluding carboxylic acids is 2. The van der Waals surface area contributed by atoms with E-state index in [0.717, 1.165) is 43.0 Å². The van der Waals surface area contributed by atoms with Crippen LogP contribution in [0.25, 0.3) is 0 Å². The van der Waals surface area contributed by atoms with Gasteiger partial charge in [0, 0.05) is 48.7 Å². The lowest BCUT2D eigenvalue weighted by Gasteiger charge is -2.31. The Morgan fingerprint density at radius 2 is 1.56 bits per heavy atom. The number of carbonyl (C=O) groups is 2. The van der Waals surface area contributed by atoms with Crippen LogP contribution in [0, 0.1) is 13.8 Å². The van der Waals surface area contributed by atoms with Gasteiger partial charge < -0.3 is 19.7 Å². The number of morpholine rings is 2. The molecule has 2 aliphatic rings. The summed E-state index contributed by atoms with van der Waals surface area (Å²) in [6, 6.07) is 11.6. The highest BCUT2D eigenvalue weighted by Crippen LogP contribution is 2.29. The molecule has 0 atom stereocenters. The van der Waals surface area contributed by atoms with Gasteiger partial charge in [0.05, 0.1) is 33.0 Å². The molecular weight excluding hydrogens is 406 g/mol. The van der Waals surface area contributed by atoms with E-state index in [-0.39, 0.29) is 11.7 Å². The first-order valence-electron chi connectivity index (χ1n) is 11.2. The van der Waals surface area contributed by atoms with Crippen LogP contribution in [0.1, 0.15) is 27.0 Å². The van der Waals surface area contributed by atoms with Crippen LogP contribution in [-0.2, 0) is 14.3 Å². The Morgan fingerprint density at radius 3 is 2.28 bits per heavy atom. The first kappa shape index (κ1) is 22.5. The molecular formula is C25H31N3O4. The van der Waals surface area contributed by atoms with Crippen LogP contribution in [0.3, 0.4) is 0 Å². The summed E-state index contributed by atoms with van der Waals surface area (Å²) in [5.74, 6) is -0.117. The van der Waals surface area contributed by atoms with Gasteiger partial charge in [-0.2, -0.15) is 0 Å². The normalized spacial score (nSPS) is 17.2. The smallest absolute Gasteiger partial charge is 0.238 e. The standard InChI is InChI=1S/C25H31N3O4/c1-18-3-4-19(2)21(15-18)25(30)22-16-20(5-6-23(22)28-9-13-32-14-10-28)26-24(29)17-27-7-11-31-12-8-27/h3-6,15-16H,7-14,17H2,1-2H3,(H,26,29). The van der Waals surface area contributed by atoms with Gasteiger partial charge in [-0.1, -0.05) is 17.7 Å². The molecule has 4 rings (SSSR count). The molecule has 2 aromatic carbocycles. The fourth-order valence-corrected chi connectivity index (χ4v) is 4.16. The van der Waals surface area contributed by atoms with Crippen molar-refractivity contribution < 1.29 is 19.1 Å². The Morgan fingerprint density at radius 1 is 0.875 bits per heavy atom. The van der Waals surface area contributed by atoms with Crippen molar-refractivity contribution in [2.45, 2.75) is 13.8 Å². The van der Waals surface area contributed by atoms with E-state index in [2.05, 4.69) is 15.1 Å². The van der Waals surface area contributed by atoms with Gasteiger partial charge in [-0.25, -0.2) is 0 Å². The molecule has 0 spiro atoms. The number of benzene rings is 2. The van der Waals surface area contributed by atoms with E-state index >= 15 is 0 Å². The highest BCUT2D eigenvalue weighted by Gasteiger charge is 2.22. The van der Waals surface area contributed by atoms with Crippen molar-refractivity contribution in [3.05, 3.63) is 58.7 Å². The predicted octanol–water partition coefficient (Wildman–Crippen LogP) is 2.64. The van der Waals surface area contributed by atoms with Crippen molar-refractivity contribution in [2.75, 3.05) is 69.4 Å². The number of ketones is 1. The van der Waals surface area contributed by atoms with Gasteiger partial charge in [-0.15, -0.1) is 0 Å². The summed E-state index contributed by atoms with van der Waals surface area (Å²) in [4.78, 5) is 30.5. The van der Waals surface area contributed by atoms with Crippen molar-refractivity contribution in [3.63, 3.8) is 0 Å². The molecule has 1 amide bonds. The van der Waals surface area contributed by atoms with Gasteiger partial charge >= 0.3 is 0 Å². The SMILES string of the molecule is Cc1ccc(C)c(C(=O)c2cc(NC(=O)CN3CCOCC3)ccc2N2CCOCC2)c1. The van der Waals surface area contributed by atoms with E-state index < -0.39 is 0 Å². The molecule has 0 saturated carbocycles. The molecule has 170 valence electrons. The number of rotatable bonds is 6. The Labute approximate surface area is 189 Å². The third kappa shape index (κ3) is 5.35. The van der Waals surface area contributed by atoms with Gasteiger partial charge in [0.25, 0.3) is 0 Å². The Kier molecular flexibility index (Phi) is 7.19. The molecule has 0 radical (unpaired) electrons. The Hall–Kier alpha value is -2.74. The second-order valence-electron chi connectivity index (χ2n) is 8.42. The molecule has 2 aliphatic heterocycles. The summed E-state index contributed by atoms with van der Waals surface area (Å²) in [5.41, 5.74) is 4.79. The van der Waals surface area contributed by atoms with E-state index in [1.807, 2.05) is 50.2 Å². The molecule has 2 saturated heterocycles. The molecule has 7 nitrogen and oxygen atoms in total. The molecule has 1 N–H and O–H groups in total. The van der Waals surface area contributed by atoms with Gasteiger partial charge in [0.15, 0.2) is 5.78 Å². The average Bonchev–Trinajstić information content (AvgIpc) is 2.81. The zero-order valence-corrected chi connectivity index (χ0v) is 18.9. The number of ether oxygens (including phenoxy) is 2. The second kappa shape index (κ2) is 10.3. The maximum absolute atomic E-state index is 13.6. The highest BCUT2D eigenvalue weighted by molar-refractivity contribution is 6.14. The van der Waals surface area contributed by atoms with Crippen molar-refractivity contribution in [2.24, 2.45) is 0 Å². The Balaban J connectivity index is 1.61. The van der Waals surface area contributed by atoms with Crippen molar-refractivity contribution in [1.82, 2.24) is 4.90 Å². The molecule has 2 fully saturated rings. The Bertz CT molecular complexity index is 979. The van der Waals surface area contributed by atoms with E-state index in [1.54, 1.807) is 0 Å². The number of hydrogen-bond donors (Lipinski definition) is 1. The summed E-state index contributed by atoms with van der Waals surface area (Å²) in [5, 5.41) is 2.98. The fourth-order valence-electron chi connectivity index (χ4n) is 4.16. The second-order valence-corrected chi connectivity index (χ2v) is 8.42. The molecule has 0 aromatic heterocycles. The molecule has 2 aromatic rings. The van der Waals surface area contributed by atoms with Crippen LogP contribution < -0.4 is 10.2 Å². The minimum Gasteiger partial charge on any atom is -0.379 e. The summed E-state index contributed by atoms with van der Waals surface area (Å²) < 4.78 is 10.8. The third-order valence-corrected chi connectivity index (χ3v) is 5.99. The van der Waals surface area contributed by atoms with E-state index in [9.17, 15) is 9.59 Å². The minimum absolute atomic E-state index is 0.0306. The molecule has 0 bridgehead atoms. The van der Waals surface area contributed by atoms with Gasteiger partial charge in [0.1, 0.15) is 0 Å². The monoisotopic (exact) mass is 437 g/mol. The zero-order valence-electron chi connectivity index (χ0n) is 18.9. The number of aryl methyl sites for hydroxylation is 2. The van der Waals surface area contributed by atoms with Gasteiger partial charge in [0.2, 0.25) is 5.91 Å². The maximum atomic E-state index is 13.6. The minimum atomic E-state index is -0.0869. The maximum Gasteiger partial charge on any atom is 0.238 e. The lowest BCUT2D eigenvalue weighted by atomic mass is 9.95. The van der Waals surface area contributed by atoms with Gasteiger partial charge in [-0.05, 0) is 43.7 Å². The lowest BCUT2D eigenvalue weighted by molar-refractivity contribution is -0.118. The molecule has 7 heteroatoms. The number of nitrogens with one attached hydrogen (secondary N) is 1. The predicted molar refractivity (Wildman–Crippen MR) is 125 cm³/mol. The van der Waals surface area contributed by atoms with Crippen LogP contribution in [0.2, 0.25) is 0 Å². The quantitative estimate of drug-likeness (QED) is 0.701. The topological polar surface area (TPSA) is 71.1 Å². The molecule has 0 aliphatic carbocycles. The number of nitrogens with zero attached hydrogens (tertiary/aromatic N) is 2. The summed E-state index contributed by atoms with van der Waals surface area (Å²) in [7, 11) is 0. The van der Waals surface area contributed by atoms with Crippen LogP contribution in [0.5, 0.6) is 0 Å². The highest BCUT2D eigenvalue weighted by atomic mass is 16.5. The van der Waals surface area contributed by atoms with Crippen molar-refractivity contribution >= 4 is 23.1 Å². The summed E-state index contributed by atoms with van der Waals surface area (Å²) in [6.45, 7) is 9.78. The third-order valence-electron chi connectivity index (χ3n) is 5.99. The number of amides is 1. The summed E-state index contributed by atoms with van der Waals surface area (Å²) in [6.07, 6.45) is 0. The fraction of sp³-hybridized carbons (Fsp3) is 0.440. The summed E-state index contributed by atoms with van der Waals surface area (Å²) >= 11 is 0. The molecule has 2 heterocycles. The van der Waals surface area contributed by atoms with Gasteiger partial charge in [-0.3, -0.25) is 14.5 Å². The molecule has 32 heavy (non-hydrogen) atoms. The van der Waals surface area contributed by atoms with E-state index in [1.165, 1.54) is 0 Å². The average molecular weight is 438 g/mol. The van der Waals surface area contributed by atoms with E-state index in [4.69, 9.17) is 9.47 Å². The zero-order chi connectivity index (χ0) is 22.5. The van der Waals surface area contributed by atoms with Crippen LogP contribution in [-0.4, -0.2) is 75.7 Å². The number of anilines is 2.